The van der Waals surface area contributed by atoms with Crippen LogP contribution in [0.2, 0.25) is 4.34 Å². The van der Waals surface area contributed by atoms with Crippen LogP contribution in [0.15, 0.2) is 12.1 Å². The second kappa shape index (κ2) is 4.76. The van der Waals surface area contributed by atoms with Crippen molar-refractivity contribution in [2.45, 2.75) is 20.3 Å². The summed E-state index contributed by atoms with van der Waals surface area (Å²) in [7, 11) is 0. The number of likely N-dealkylation sites (tertiary alicyclic amines) is 1. The number of piperidine rings is 1. The molecule has 1 fully saturated rings. The Kier molecular flexibility index (Phi) is 3.55. The average Bonchev–Trinajstić information content (AvgIpc) is 2.62. The van der Waals surface area contributed by atoms with E-state index < -0.39 is 0 Å². The number of hydrogen-bond donors (Lipinski definition) is 0. The third-order valence-electron chi connectivity index (χ3n) is 2.94. The highest BCUT2D eigenvalue weighted by atomic mass is 35.5. The van der Waals surface area contributed by atoms with Gasteiger partial charge in [-0.1, -0.05) is 25.4 Å². The van der Waals surface area contributed by atoms with E-state index in [9.17, 15) is 4.79 Å². The predicted octanol–water partition coefficient (Wildman–Crippen LogP) is 3.52. The van der Waals surface area contributed by atoms with Crippen LogP contribution in [0.4, 0.5) is 0 Å². The summed E-state index contributed by atoms with van der Waals surface area (Å²) in [5.74, 6) is 1.33. The summed E-state index contributed by atoms with van der Waals surface area (Å²) in [5, 5.41) is 0. The van der Waals surface area contributed by atoms with Crippen molar-refractivity contribution in [2.75, 3.05) is 13.1 Å². The molecule has 0 radical (unpaired) electrons. The quantitative estimate of drug-likeness (QED) is 0.754. The summed E-state index contributed by atoms with van der Waals surface area (Å²) in [5.41, 5.74) is 0. The lowest BCUT2D eigenvalue weighted by molar-refractivity contribution is 0.0628. The summed E-state index contributed by atoms with van der Waals surface area (Å²) in [6, 6.07) is 3.61. The molecule has 0 N–H and O–H groups in total. The van der Waals surface area contributed by atoms with Crippen molar-refractivity contribution in [1.82, 2.24) is 4.90 Å². The molecule has 1 amide bonds. The Morgan fingerprint density at radius 3 is 2.50 bits per heavy atom. The molecule has 88 valence electrons. The number of thiophene rings is 1. The fourth-order valence-electron chi connectivity index (χ4n) is 2.41. The lowest BCUT2D eigenvalue weighted by atomic mass is 9.92. The average molecular weight is 258 g/mol. The Morgan fingerprint density at radius 1 is 1.38 bits per heavy atom. The molecule has 1 aromatic heterocycles. The van der Waals surface area contributed by atoms with Gasteiger partial charge in [0.05, 0.1) is 9.21 Å². The Bertz CT molecular complexity index is 380. The van der Waals surface area contributed by atoms with Gasteiger partial charge in [-0.15, -0.1) is 11.3 Å². The molecule has 0 aromatic carbocycles. The van der Waals surface area contributed by atoms with Crippen LogP contribution in [0.25, 0.3) is 0 Å². The molecule has 0 saturated carbocycles. The van der Waals surface area contributed by atoms with E-state index in [1.807, 2.05) is 11.0 Å². The van der Waals surface area contributed by atoms with Crippen molar-refractivity contribution in [3.8, 4) is 0 Å². The highest BCUT2D eigenvalue weighted by Crippen LogP contribution is 2.26. The molecule has 1 aromatic rings. The molecule has 0 aliphatic carbocycles. The zero-order valence-corrected chi connectivity index (χ0v) is 11.1. The van der Waals surface area contributed by atoms with Gasteiger partial charge in [0.2, 0.25) is 0 Å². The summed E-state index contributed by atoms with van der Waals surface area (Å²) in [6.07, 6.45) is 1.22. The fourth-order valence-corrected chi connectivity index (χ4v) is 3.42. The molecule has 2 atom stereocenters. The number of carbonyl (C=O) groups is 1. The standard InChI is InChI=1S/C12H16ClNOS/c1-8-5-9(2)7-14(6-8)12(15)10-3-4-11(13)16-10/h3-4,8-9H,5-7H2,1-2H3. The van der Waals surface area contributed by atoms with E-state index >= 15 is 0 Å². The molecule has 4 heteroatoms. The van der Waals surface area contributed by atoms with Crippen molar-refractivity contribution >= 4 is 28.8 Å². The predicted molar refractivity (Wildman–Crippen MR) is 68.2 cm³/mol. The van der Waals surface area contributed by atoms with Crippen LogP contribution in [0.1, 0.15) is 29.9 Å². The largest absolute Gasteiger partial charge is 0.337 e. The van der Waals surface area contributed by atoms with Crippen LogP contribution in [0.3, 0.4) is 0 Å². The van der Waals surface area contributed by atoms with Crippen LogP contribution in [-0.4, -0.2) is 23.9 Å². The van der Waals surface area contributed by atoms with Gasteiger partial charge in [0.15, 0.2) is 0 Å². The van der Waals surface area contributed by atoms with Crippen molar-refractivity contribution < 1.29 is 4.79 Å². The molecule has 2 nitrogen and oxygen atoms in total. The molecular weight excluding hydrogens is 242 g/mol. The van der Waals surface area contributed by atoms with E-state index in [0.717, 1.165) is 18.0 Å². The SMILES string of the molecule is CC1CC(C)CN(C(=O)c2ccc(Cl)s2)C1. The van der Waals surface area contributed by atoms with Crippen LogP contribution < -0.4 is 0 Å². The zero-order chi connectivity index (χ0) is 11.7. The van der Waals surface area contributed by atoms with E-state index in [4.69, 9.17) is 11.6 Å². The Labute approximate surface area is 105 Å². The molecule has 1 aliphatic rings. The molecule has 0 spiro atoms. The molecule has 1 aliphatic heterocycles. The van der Waals surface area contributed by atoms with Gasteiger partial charge in [0.1, 0.15) is 0 Å². The van der Waals surface area contributed by atoms with Crippen LogP contribution in [0.5, 0.6) is 0 Å². The minimum Gasteiger partial charge on any atom is -0.337 e. The zero-order valence-electron chi connectivity index (χ0n) is 9.57. The Morgan fingerprint density at radius 2 is 2.00 bits per heavy atom. The van der Waals surface area contributed by atoms with Gasteiger partial charge in [0, 0.05) is 13.1 Å². The minimum absolute atomic E-state index is 0.135. The maximum absolute atomic E-state index is 12.2. The van der Waals surface area contributed by atoms with Crippen molar-refractivity contribution in [3.05, 3.63) is 21.3 Å². The maximum atomic E-state index is 12.2. The van der Waals surface area contributed by atoms with Crippen molar-refractivity contribution in [2.24, 2.45) is 11.8 Å². The van der Waals surface area contributed by atoms with Gasteiger partial charge >= 0.3 is 0 Å². The Hall–Kier alpha value is -0.540. The van der Waals surface area contributed by atoms with Crippen LogP contribution in [0, 0.1) is 11.8 Å². The van der Waals surface area contributed by atoms with E-state index in [1.165, 1.54) is 17.8 Å². The fraction of sp³-hybridized carbons (Fsp3) is 0.583. The number of nitrogens with zero attached hydrogens (tertiary/aromatic N) is 1. The number of carbonyl (C=O) groups excluding carboxylic acids is 1. The molecular formula is C12H16ClNOS. The van der Waals surface area contributed by atoms with E-state index in [2.05, 4.69) is 13.8 Å². The van der Waals surface area contributed by atoms with Crippen LogP contribution in [-0.2, 0) is 0 Å². The molecule has 1 saturated heterocycles. The van der Waals surface area contributed by atoms with Crippen LogP contribution >= 0.6 is 22.9 Å². The number of rotatable bonds is 1. The van der Waals surface area contributed by atoms with E-state index in [1.54, 1.807) is 6.07 Å². The second-order valence-corrected chi connectivity index (χ2v) is 6.48. The van der Waals surface area contributed by atoms with Gasteiger partial charge < -0.3 is 4.90 Å². The summed E-state index contributed by atoms with van der Waals surface area (Å²) >= 11 is 7.21. The molecule has 0 bridgehead atoms. The number of amides is 1. The van der Waals surface area contributed by atoms with E-state index in [-0.39, 0.29) is 5.91 Å². The second-order valence-electron chi connectivity index (χ2n) is 4.76. The first-order valence-corrected chi connectivity index (χ1v) is 6.80. The first kappa shape index (κ1) is 11.9. The molecule has 2 rings (SSSR count). The third-order valence-corrected chi connectivity index (χ3v) is 4.16. The lowest BCUT2D eigenvalue weighted by Gasteiger charge is -2.34. The Balaban J connectivity index is 2.09. The maximum Gasteiger partial charge on any atom is 0.263 e. The summed E-state index contributed by atoms with van der Waals surface area (Å²) in [6.45, 7) is 6.16. The topological polar surface area (TPSA) is 20.3 Å². The normalized spacial score (nSPS) is 25.8. The van der Waals surface area contributed by atoms with Crippen molar-refractivity contribution in [1.29, 1.82) is 0 Å². The van der Waals surface area contributed by atoms with Gasteiger partial charge in [-0.3, -0.25) is 4.79 Å². The van der Waals surface area contributed by atoms with Crippen molar-refractivity contribution in [3.63, 3.8) is 0 Å². The third kappa shape index (κ3) is 2.58. The highest BCUT2D eigenvalue weighted by molar-refractivity contribution is 7.17. The highest BCUT2D eigenvalue weighted by Gasteiger charge is 2.26. The number of hydrogen-bond acceptors (Lipinski definition) is 2. The minimum atomic E-state index is 0.135. The lowest BCUT2D eigenvalue weighted by Crippen LogP contribution is -2.42. The smallest absolute Gasteiger partial charge is 0.263 e. The first-order valence-electron chi connectivity index (χ1n) is 5.61. The van der Waals surface area contributed by atoms with Gasteiger partial charge in [0.25, 0.3) is 5.91 Å². The number of halogens is 1. The van der Waals surface area contributed by atoms with Gasteiger partial charge in [-0.25, -0.2) is 0 Å². The molecule has 2 heterocycles. The van der Waals surface area contributed by atoms with Gasteiger partial charge in [-0.2, -0.15) is 0 Å². The monoisotopic (exact) mass is 257 g/mol. The molecule has 16 heavy (non-hydrogen) atoms. The summed E-state index contributed by atoms with van der Waals surface area (Å²) < 4.78 is 0.682. The summed E-state index contributed by atoms with van der Waals surface area (Å²) in [4.78, 5) is 14.9. The van der Waals surface area contributed by atoms with Gasteiger partial charge in [-0.05, 0) is 30.4 Å². The van der Waals surface area contributed by atoms with E-state index in [0.29, 0.717) is 16.2 Å². The first-order chi connectivity index (χ1) is 7.56. The molecule has 2 unspecified atom stereocenters.